The van der Waals surface area contributed by atoms with Crippen LogP contribution in [0, 0.1) is 6.92 Å². The molecule has 0 aliphatic heterocycles. The smallest absolute Gasteiger partial charge is 0.234 e. The molecule has 4 aromatic rings. The summed E-state index contributed by atoms with van der Waals surface area (Å²) >= 11 is 3.02. The van der Waals surface area contributed by atoms with Gasteiger partial charge in [0.15, 0.2) is 5.16 Å². The standard InChI is InChI=1S/C21H21N5O2S2/c1-14-3-8-17-18(11-14)30-20(24-17)15-4-6-16(7-5-15)23-19(27)12-29-21-25-22-13-26(21)9-10-28-2/h3-8,11,13H,9-10,12H2,1-2H3,(H,23,27). The zero-order valence-corrected chi connectivity index (χ0v) is 18.3. The van der Waals surface area contributed by atoms with Gasteiger partial charge in [0.1, 0.15) is 11.3 Å². The summed E-state index contributed by atoms with van der Waals surface area (Å²) in [6.07, 6.45) is 1.64. The van der Waals surface area contributed by atoms with Crippen molar-refractivity contribution in [2.24, 2.45) is 0 Å². The van der Waals surface area contributed by atoms with E-state index >= 15 is 0 Å². The number of aryl methyl sites for hydroxylation is 1. The van der Waals surface area contributed by atoms with Gasteiger partial charge < -0.3 is 14.6 Å². The maximum Gasteiger partial charge on any atom is 0.234 e. The molecule has 0 bridgehead atoms. The van der Waals surface area contributed by atoms with Crippen LogP contribution in [0.15, 0.2) is 53.9 Å². The third-order valence-electron chi connectivity index (χ3n) is 4.41. The van der Waals surface area contributed by atoms with Crippen molar-refractivity contribution in [3.05, 3.63) is 54.4 Å². The first kappa shape index (κ1) is 20.5. The van der Waals surface area contributed by atoms with Gasteiger partial charge in [0.2, 0.25) is 5.91 Å². The quantitative estimate of drug-likeness (QED) is 0.414. The van der Waals surface area contributed by atoms with Crippen LogP contribution in [0.5, 0.6) is 0 Å². The molecular formula is C21H21N5O2S2. The van der Waals surface area contributed by atoms with Gasteiger partial charge in [0.05, 0.1) is 22.6 Å². The predicted molar refractivity (Wildman–Crippen MR) is 121 cm³/mol. The van der Waals surface area contributed by atoms with Gasteiger partial charge >= 0.3 is 0 Å². The summed E-state index contributed by atoms with van der Waals surface area (Å²) in [6.45, 7) is 3.30. The van der Waals surface area contributed by atoms with Gasteiger partial charge in [0, 0.05) is 24.9 Å². The Hall–Kier alpha value is -2.75. The largest absolute Gasteiger partial charge is 0.383 e. The van der Waals surface area contributed by atoms with Crippen LogP contribution in [0.3, 0.4) is 0 Å². The van der Waals surface area contributed by atoms with E-state index in [1.54, 1.807) is 24.8 Å². The molecule has 0 unspecified atom stereocenters. The lowest BCUT2D eigenvalue weighted by molar-refractivity contribution is -0.113. The second kappa shape index (κ2) is 9.38. The maximum atomic E-state index is 12.3. The fourth-order valence-corrected chi connectivity index (χ4v) is 4.69. The SMILES string of the molecule is COCCn1cnnc1SCC(=O)Nc1ccc(-c2nc3ccc(C)cc3s2)cc1. The molecule has 1 N–H and O–H groups in total. The topological polar surface area (TPSA) is 81.9 Å². The Balaban J connectivity index is 1.36. The lowest BCUT2D eigenvalue weighted by Gasteiger charge is -2.07. The van der Waals surface area contributed by atoms with Crippen molar-refractivity contribution < 1.29 is 9.53 Å². The van der Waals surface area contributed by atoms with Crippen molar-refractivity contribution in [1.29, 1.82) is 0 Å². The summed E-state index contributed by atoms with van der Waals surface area (Å²) in [5, 5.41) is 12.5. The second-order valence-electron chi connectivity index (χ2n) is 6.70. The summed E-state index contributed by atoms with van der Waals surface area (Å²) < 4.78 is 8.12. The summed E-state index contributed by atoms with van der Waals surface area (Å²) in [5.74, 6) is 0.162. The highest BCUT2D eigenvalue weighted by molar-refractivity contribution is 7.99. The lowest BCUT2D eigenvalue weighted by atomic mass is 10.2. The molecule has 4 rings (SSSR count). The molecule has 0 atom stereocenters. The normalized spacial score (nSPS) is 11.1. The first-order valence-corrected chi connectivity index (χ1v) is 11.2. The predicted octanol–water partition coefficient (Wildman–Crippen LogP) is 4.24. The van der Waals surface area contributed by atoms with Gasteiger partial charge in [-0.15, -0.1) is 21.5 Å². The molecule has 154 valence electrons. The first-order chi connectivity index (χ1) is 14.6. The molecule has 30 heavy (non-hydrogen) atoms. The molecule has 0 fully saturated rings. The Labute approximate surface area is 182 Å². The number of methoxy groups -OCH3 is 1. The Morgan fingerprint density at radius 2 is 2.07 bits per heavy atom. The second-order valence-corrected chi connectivity index (χ2v) is 8.68. The van der Waals surface area contributed by atoms with E-state index in [9.17, 15) is 4.79 Å². The number of rotatable bonds is 8. The van der Waals surface area contributed by atoms with Crippen LogP contribution in [0.4, 0.5) is 5.69 Å². The van der Waals surface area contributed by atoms with Crippen molar-refractivity contribution >= 4 is 44.9 Å². The van der Waals surface area contributed by atoms with E-state index in [0.29, 0.717) is 18.3 Å². The number of anilines is 1. The molecule has 0 saturated heterocycles. The number of hydrogen-bond donors (Lipinski definition) is 1. The highest BCUT2D eigenvalue weighted by Gasteiger charge is 2.10. The average Bonchev–Trinajstić information content (AvgIpc) is 3.37. The van der Waals surface area contributed by atoms with Gasteiger partial charge in [-0.3, -0.25) is 4.79 Å². The number of ether oxygens (including phenoxy) is 1. The van der Waals surface area contributed by atoms with Crippen LogP contribution in [-0.2, 0) is 16.1 Å². The van der Waals surface area contributed by atoms with Crippen LogP contribution in [0.25, 0.3) is 20.8 Å². The minimum absolute atomic E-state index is 0.0931. The van der Waals surface area contributed by atoms with Crippen molar-refractivity contribution in [2.75, 3.05) is 24.8 Å². The molecule has 7 nitrogen and oxygen atoms in total. The molecule has 2 aromatic heterocycles. The van der Waals surface area contributed by atoms with Crippen LogP contribution < -0.4 is 5.32 Å². The van der Waals surface area contributed by atoms with E-state index in [1.165, 1.54) is 22.0 Å². The molecule has 0 spiro atoms. The Morgan fingerprint density at radius 3 is 2.87 bits per heavy atom. The van der Waals surface area contributed by atoms with Crippen LogP contribution in [-0.4, -0.2) is 45.1 Å². The number of thiazole rings is 1. The number of carbonyl (C=O) groups is 1. The zero-order valence-electron chi connectivity index (χ0n) is 16.7. The third-order valence-corrected chi connectivity index (χ3v) is 6.46. The molecule has 1 amide bonds. The number of nitrogens with one attached hydrogen (secondary N) is 1. The van der Waals surface area contributed by atoms with Crippen LogP contribution in [0.1, 0.15) is 5.56 Å². The van der Waals surface area contributed by atoms with Gasteiger partial charge in [-0.05, 0) is 48.9 Å². The van der Waals surface area contributed by atoms with Crippen molar-refractivity contribution in [2.45, 2.75) is 18.6 Å². The minimum Gasteiger partial charge on any atom is -0.383 e. The molecule has 9 heteroatoms. The average molecular weight is 440 g/mol. The van der Waals surface area contributed by atoms with E-state index in [2.05, 4.69) is 34.6 Å². The number of aromatic nitrogens is 4. The molecule has 0 radical (unpaired) electrons. The highest BCUT2D eigenvalue weighted by atomic mass is 32.2. The molecular weight excluding hydrogens is 418 g/mol. The lowest BCUT2D eigenvalue weighted by Crippen LogP contribution is -2.14. The number of thioether (sulfide) groups is 1. The number of fused-ring (bicyclic) bond motifs is 1. The van der Waals surface area contributed by atoms with Gasteiger partial charge in [0.25, 0.3) is 0 Å². The number of hydrogen-bond acceptors (Lipinski definition) is 7. The Bertz CT molecular complexity index is 1150. The van der Waals surface area contributed by atoms with Crippen LogP contribution >= 0.6 is 23.1 Å². The van der Waals surface area contributed by atoms with Gasteiger partial charge in [-0.2, -0.15) is 0 Å². The third kappa shape index (κ3) is 4.86. The van der Waals surface area contributed by atoms with Crippen LogP contribution in [0.2, 0.25) is 0 Å². The molecule has 2 aromatic carbocycles. The fraction of sp³-hybridized carbons (Fsp3) is 0.238. The molecule has 0 aliphatic rings. The van der Waals surface area contributed by atoms with E-state index in [0.717, 1.165) is 21.8 Å². The number of nitrogens with zero attached hydrogens (tertiary/aromatic N) is 4. The van der Waals surface area contributed by atoms with Crippen molar-refractivity contribution in [3.8, 4) is 10.6 Å². The van der Waals surface area contributed by atoms with E-state index in [4.69, 9.17) is 9.72 Å². The highest BCUT2D eigenvalue weighted by Crippen LogP contribution is 2.31. The van der Waals surface area contributed by atoms with Gasteiger partial charge in [-0.1, -0.05) is 17.8 Å². The first-order valence-electron chi connectivity index (χ1n) is 9.39. The summed E-state index contributed by atoms with van der Waals surface area (Å²) in [7, 11) is 1.65. The summed E-state index contributed by atoms with van der Waals surface area (Å²) in [5.41, 5.74) is 4.02. The molecule has 0 aliphatic carbocycles. The zero-order chi connectivity index (χ0) is 20.9. The summed E-state index contributed by atoms with van der Waals surface area (Å²) in [6, 6.07) is 14.0. The van der Waals surface area contributed by atoms with E-state index in [1.807, 2.05) is 34.9 Å². The molecule has 0 saturated carbocycles. The monoisotopic (exact) mass is 439 g/mol. The number of benzene rings is 2. The van der Waals surface area contributed by atoms with E-state index < -0.39 is 0 Å². The summed E-state index contributed by atoms with van der Waals surface area (Å²) in [4.78, 5) is 17.0. The molecule has 2 heterocycles. The minimum atomic E-state index is -0.0931. The van der Waals surface area contributed by atoms with Gasteiger partial charge in [-0.25, -0.2) is 4.98 Å². The van der Waals surface area contributed by atoms with E-state index in [-0.39, 0.29) is 11.7 Å². The number of carbonyl (C=O) groups excluding carboxylic acids is 1. The van der Waals surface area contributed by atoms with Crippen molar-refractivity contribution in [1.82, 2.24) is 19.7 Å². The number of amides is 1. The maximum absolute atomic E-state index is 12.3. The Kier molecular flexibility index (Phi) is 6.41. The fourth-order valence-electron chi connectivity index (χ4n) is 2.88. The Morgan fingerprint density at radius 1 is 1.23 bits per heavy atom. The van der Waals surface area contributed by atoms with Crippen molar-refractivity contribution in [3.63, 3.8) is 0 Å².